The second-order valence-electron chi connectivity index (χ2n) is 4.72. The van der Waals surface area contributed by atoms with Crippen LogP contribution in [0.1, 0.15) is 10.4 Å². The largest absolute Gasteiger partial charge is 0.477 e. The summed E-state index contributed by atoms with van der Waals surface area (Å²) >= 11 is 0. The van der Waals surface area contributed by atoms with Crippen molar-refractivity contribution >= 4 is 23.2 Å². The molecule has 0 aliphatic heterocycles. The maximum absolute atomic E-state index is 11.9. The van der Waals surface area contributed by atoms with Gasteiger partial charge in [-0.1, -0.05) is 12.1 Å². The van der Waals surface area contributed by atoms with Gasteiger partial charge in [-0.15, -0.1) is 0 Å². The zero-order valence-corrected chi connectivity index (χ0v) is 12.8. The van der Waals surface area contributed by atoms with Crippen LogP contribution >= 0.6 is 0 Å². The van der Waals surface area contributed by atoms with E-state index in [1.807, 2.05) is 0 Å². The topological polar surface area (TPSA) is 111 Å². The smallest absolute Gasteiger partial charge is 0.310 e. The SMILES string of the molecule is CNC(=O)c1ccc(NC(=O)COc2ccccc2[N+](=O)[O-])cc1. The van der Waals surface area contributed by atoms with Crippen LogP contribution in [0.4, 0.5) is 11.4 Å². The van der Waals surface area contributed by atoms with Crippen LogP contribution in [0.5, 0.6) is 5.75 Å². The Morgan fingerprint density at radius 2 is 1.79 bits per heavy atom. The van der Waals surface area contributed by atoms with E-state index in [9.17, 15) is 19.7 Å². The molecular formula is C16H15N3O5. The Hall–Kier alpha value is -3.42. The molecule has 0 spiro atoms. The van der Waals surface area contributed by atoms with E-state index < -0.39 is 10.8 Å². The lowest BCUT2D eigenvalue weighted by atomic mass is 10.2. The van der Waals surface area contributed by atoms with Gasteiger partial charge in [-0.25, -0.2) is 0 Å². The van der Waals surface area contributed by atoms with Gasteiger partial charge in [0.2, 0.25) is 0 Å². The van der Waals surface area contributed by atoms with E-state index in [0.717, 1.165) is 0 Å². The summed E-state index contributed by atoms with van der Waals surface area (Å²) in [6.07, 6.45) is 0. The molecule has 0 aromatic heterocycles. The minimum absolute atomic E-state index is 0.0209. The predicted octanol–water partition coefficient (Wildman–Crippen LogP) is 1.97. The Labute approximate surface area is 137 Å². The Kier molecular flexibility index (Phi) is 5.45. The molecule has 0 saturated heterocycles. The lowest BCUT2D eigenvalue weighted by Gasteiger charge is -2.08. The van der Waals surface area contributed by atoms with Crippen LogP contribution in [0.15, 0.2) is 48.5 Å². The first-order valence-corrected chi connectivity index (χ1v) is 6.99. The Morgan fingerprint density at radius 3 is 2.42 bits per heavy atom. The van der Waals surface area contributed by atoms with Crippen molar-refractivity contribution in [2.45, 2.75) is 0 Å². The predicted molar refractivity (Wildman–Crippen MR) is 87.1 cm³/mol. The molecule has 2 rings (SSSR count). The number of carbonyl (C=O) groups is 2. The van der Waals surface area contributed by atoms with Gasteiger partial charge >= 0.3 is 5.69 Å². The van der Waals surface area contributed by atoms with Crippen LogP contribution in [0.3, 0.4) is 0 Å². The molecule has 0 heterocycles. The standard InChI is InChI=1S/C16H15N3O5/c1-17-16(21)11-6-8-12(9-7-11)18-15(20)10-24-14-5-3-2-4-13(14)19(22)23/h2-9H,10H2,1H3,(H,17,21)(H,18,20). The second kappa shape index (κ2) is 7.73. The van der Waals surface area contributed by atoms with Crippen LogP contribution in [0.2, 0.25) is 0 Å². The van der Waals surface area contributed by atoms with Gasteiger partial charge < -0.3 is 15.4 Å². The number of para-hydroxylation sites is 2. The number of nitrogens with one attached hydrogen (secondary N) is 2. The van der Waals surface area contributed by atoms with Crippen molar-refractivity contribution in [2.75, 3.05) is 19.0 Å². The Balaban J connectivity index is 1.94. The highest BCUT2D eigenvalue weighted by Crippen LogP contribution is 2.25. The first-order valence-electron chi connectivity index (χ1n) is 6.99. The molecular weight excluding hydrogens is 314 g/mol. The highest BCUT2D eigenvalue weighted by atomic mass is 16.6. The third kappa shape index (κ3) is 4.29. The highest BCUT2D eigenvalue weighted by molar-refractivity contribution is 5.95. The molecule has 124 valence electrons. The molecule has 0 bridgehead atoms. The lowest BCUT2D eigenvalue weighted by molar-refractivity contribution is -0.385. The summed E-state index contributed by atoms with van der Waals surface area (Å²) in [5.41, 5.74) is 0.741. The number of hydrogen-bond acceptors (Lipinski definition) is 5. The average molecular weight is 329 g/mol. The van der Waals surface area contributed by atoms with Gasteiger partial charge in [0, 0.05) is 24.4 Å². The summed E-state index contributed by atoms with van der Waals surface area (Å²) in [5, 5.41) is 15.9. The summed E-state index contributed by atoms with van der Waals surface area (Å²) < 4.78 is 5.19. The van der Waals surface area contributed by atoms with E-state index in [1.54, 1.807) is 30.3 Å². The number of hydrogen-bond donors (Lipinski definition) is 2. The number of nitrogens with zero attached hydrogens (tertiary/aromatic N) is 1. The van der Waals surface area contributed by atoms with Crippen molar-refractivity contribution in [1.29, 1.82) is 0 Å². The van der Waals surface area contributed by atoms with Gasteiger partial charge in [-0.05, 0) is 30.3 Å². The molecule has 2 N–H and O–H groups in total. The number of anilines is 1. The Morgan fingerprint density at radius 1 is 1.12 bits per heavy atom. The fourth-order valence-corrected chi connectivity index (χ4v) is 1.92. The van der Waals surface area contributed by atoms with Crippen molar-refractivity contribution in [3.05, 3.63) is 64.2 Å². The molecule has 2 aromatic carbocycles. The molecule has 24 heavy (non-hydrogen) atoms. The van der Waals surface area contributed by atoms with Gasteiger partial charge in [-0.3, -0.25) is 19.7 Å². The number of amides is 2. The van der Waals surface area contributed by atoms with Crippen molar-refractivity contribution in [2.24, 2.45) is 0 Å². The normalized spacial score (nSPS) is 9.88. The maximum atomic E-state index is 11.9. The Bertz CT molecular complexity index is 759. The van der Waals surface area contributed by atoms with E-state index in [0.29, 0.717) is 11.3 Å². The number of carbonyl (C=O) groups excluding carboxylic acids is 2. The van der Waals surface area contributed by atoms with Crippen molar-refractivity contribution in [3.8, 4) is 5.75 Å². The summed E-state index contributed by atoms with van der Waals surface area (Å²) in [5.74, 6) is -0.680. The lowest BCUT2D eigenvalue weighted by Crippen LogP contribution is -2.21. The van der Waals surface area contributed by atoms with Crippen LogP contribution in [0.25, 0.3) is 0 Å². The number of nitro benzene ring substituents is 1. The molecule has 2 aromatic rings. The molecule has 0 aliphatic carbocycles. The van der Waals surface area contributed by atoms with E-state index in [1.165, 1.54) is 25.2 Å². The first-order chi connectivity index (χ1) is 11.5. The molecule has 8 nitrogen and oxygen atoms in total. The summed E-state index contributed by atoms with van der Waals surface area (Å²) in [7, 11) is 1.53. The first kappa shape index (κ1) is 16.9. The molecule has 0 fully saturated rings. The van der Waals surface area contributed by atoms with Crippen molar-refractivity contribution < 1.29 is 19.2 Å². The van der Waals surface area contributed by atoms with Crippen molar-refractivity contribution in [3.63, 3.8) is 0 Å². The summed E-state index contributed by atoms with van der Waals surface area (Å²) in [6, 6.07) is 12.1. The van der Waals surface area contributed by atoms with Gasteiger partial charge in [0.1, 0.15) is 0 Å². The highest BCUT2D eigenvalue weighted by Gasteiger charge is 2.15. The zero-order chi connectivity index (χ0) is 17.5. The summed E-state index contributed by atoms with van der Waals surface area (Å²) in [4.78, 5) is 33.6. The third-order valence-corrected chi connectivity index (χ3v) is 3.08. The van der Waals surface area contributed by atoms with E-state index in [2.05, 4.69) is 10.6 Å². The minimum Gasteiger partial charge on any atom is -0.477 e. The quantitative estimate of drug-likeness (QED) is 0.622. The molecule has 0 aliphatic rings. The van der Waals surface area contributed by atoms with E-state index in [4.69, 9.17) is 4.74 Å². The molecule has 0 saturated carbocycles. The zero-order valence-electron chi connectivity index (χ0n) is 12.8. The fraction of sp³-hybridized carbons (Fsp3) is 0.125. The van der Waals surface area contributed by atoms with Gasteiger partial charge in [0.15, 0.2) is 12.4 Å². The number of ether oxygens (including phenoxy) is 1. The molecule has 0 unspecified atom stereocenters. The number of rotatable bonds is 6. The average Bonchev–Trinajstić information content (AvgIpc) is 2.60. The van der Waals surface area contributed by atoms with E-state index >= 15 is 0 Å². The maximum Gasteiger partial charge on any atom is 0.310 e. The molecule has 0 radical (unpaired) electrons. The van der Waals surface area contributed by atoms with Crippen LogP contribution in [-0.4, -0.2) is 30.4 Å². The van der Waals surface area contributed by atoms with Crippen LogP contribution in [-0.2, 0) is 4.79 Å². The van der Waals surface area contributed by atoms with Gasteiger partial charge in [-0.2, -0.15) is 0 Å². The number of nitro groups is 1. The molecule has 0 atom stereocenters. The monoisotopic (exact) mass is 329 g/mol. The van der Waals surface area contributed by atoms with Crippen LogP contribution in [0, 0.1) is 10.1 Å². The summed E-state index contributed by atoms with van der Waals surface area (Å²) in [6.45, 7) is -0.373. The minimum atomic E-state index is -0.579. The molecule has 8 heteroatoms. The third-order valence-electron chi connectivity index (χ3n) is 3.08. The van der Waals surface area contributed by atoms with Gasteiger partial charge in [0.05, 0.1) is 4.92 Å². The number of benzene rings is 2. The molecule has 2 amide bonds. The van der Waals surface area contributed by atoms with Gasteiger partial charge in [0.25, 0.3) is 11.8 Å². The van der Waals surface area contributed by atoms with Crippen molar-refractivity contribution in [1.82, 2.24) is 5.32 Å². The second-order valence-corrected chi connectivity index (χ2v) is 4.72. The fourth-order valence-electron chi connectivity index (χ4n) is 1.92. The van der Waals surface area contributed by atoms with E-state index in [-0.39, 0.29) is 24.0 Å². The van der Waals surface area contributed by atoms with Crippen LogP contribution < -0.4 is 15.4 Å².